The molecule has 0 aromatic rings. The number of nitrogens with zero attached hydrogens (tertiary/aromatic N) is 1. The van der Waals surface area contributed by atoms with Crippen molar-refractivity contribution in [3.8, 4) is 0 Å². The van der Waals surface area contributed by atoms with E-state index in [2.05, 4.69) is 20.9 Å². The third-order valence-electron chi connectivity index (χ3n) is 4.32. The molecule has 172 valence electrons. The molecule has 0 heterocycles. The van der Waals surface area contributed by atoms with Crippen LogP contribution in [0.5, 0.6) is 0 Å². The zero-order chi connectivity index (χ0) is 23.3. The van der Waals surface area contributed by atoms with Gasteiger partial charge in [-0.3, -0.25) is 24.2 Å². The highest BCUT2D eigenvalue weighted by molar-refractivity contribution is 5.93. The summed E-state index contributed by atoms with van der Waals surface area (Å²) in [5.41, 5.74) is 16.0. The molecule has 13 nitrogen and oxygen atoms in total. The summed E-state index contributed by atoms with van der Waals surface area (Å²) in [7, 11) is 0. The third kappa shape index (κ3) is 10.6. The molecule has 0 aliphatic heterocycles. The number of rotatable bonds is 14. The Hall–Kier alpha value is -2.93. The number of guanidine groups is 1. The highest BCUT2D eigenvalue weighted by Crippen LogP contribution is 2.10. The first-order chi connectivity index (χ1) is 14.0. The summed E-state index contributed by atoms with van der Waals surface area (Å²) < 4.78 is 0. The first-order valence-corrected chi connectivity index (χ1v) is 9.55. The molecule has 11 N–H and O–H groups in total. The van der Waals surface area contributed by atoms with Gasteiger partial charge in [-0.05, 0) is 18.8 Å². The molecule has 0 saturated carbocycles. The van der Waals surface area contributed by atoms with E-state index in [0.29, 0.717) is 12.8 Å². The topological polar surface area (TPSA) is 235 Å². The highest BCUT2D eigenvalue weighted by Gasteiger charge is 2.30. The number of hydrogen-bond donors (Lipinski definition) is 8. The van der Waals surface area contributed by atoms with Crippen LogP contribution in [0.4, 0.5) is 0 Å². The van der Waals surface area contributed by atoms with E-state index in [1.54, 1.807) is 6.92 Å². The summed E-state index contributed by atoms with van der Waals surface area (Å²) in [6.07, 6.45) is 0.997. The molecule has 0 saturated heterocycles. The SMILES string of the molecule is CCC(C)C(NC(=O)C(N)CO)C(=O)NC(CCCN=C(N)N)C(=O)NCC(=O)O. The molecule has 0 aliphatic carbocycles. The van der Waals surface area contributed by atoms with Crippen LogP contribution in [0, 0.1) is 5.92 Å². The first-order valence-electron chi connectivity index (χ1n) is 9.55. The van der Waals surface area contributed by atoms with Crippen LogP contribution >= 0.6 is 0 Å². The van der Waals surface area contributed by atoms with E-state index in [1.807, 2.05) is 6.92 Å². The van der Waals surface area contributed by atoms with Gasteiger partial charge in [-0.2, -0.15) is 0 Å². The molecular weight excluding hydrogens is 398 g/mol. The molecule has 13 heteroatoms. The molecule has 4 unspecified atom stereocenters. The molecule has 30 heavy (non-hydrogen) atoms. The number of aliphatic imine (C=N–C) groups is 1. The fraction of sp³-hybridized carbons (Fsp3) is 0.706. The van der Waals surface area contributed by atoms with Crippen LogP contribution in [0.25, 0.3) is 0 Å². The minimum atomic E-state index is -1.24. The minimum absolute atomic E-state index is 0.120. The first kappa shape index (κ1) is 27.1. The van der Waals surface area contributed by atoms with Gasteiger partial charge in [-0.25, -0.2) is 0 Å². The Morgan fingerprint density at radius 2 is 1.70 bits per heavy atom. The van der Waals surface area contributed by atoms with Crippen LogP contribution in [0.1, 0.15) is 33.1 Å². The second kappa shape index (κ2) is 14.1. The number of nitrogens with two attached hydrogens (primary N) is 3. The van der Waals surface area contributed by atoms with Gasteiger partial charge in [-0.1, -0.05) is 20.3 Å². The number of nitrogens with one attached hydrogen (secondary N) is 3. The van der Waals surface area contributed by atoms with Crippen molar-refractivity contribution >= 4 is 29.7 Å². The van der Waals surface area contributed by atoms with E-state index in [0.717, 1.165) is 0 Å². The fourth-order valence-electron chi connectivity index (χ4n) is 2.36. The maximum absolute atomic E-state index is 12.8. The Kier molecular flexibility index (Phi) is 12.7. The molecule has 0 aromatic heterocycles. The normalized spacial score (nSPS) is 14.5. The number of amides is 3. The van der Waals surface area contributed by atoms with E-state index < -0.39 is 55.0 Å². The van der Waals surface area contributed by atoms with Gasteiger partial charge in [0.15, 0.2) is 5.96 Å². The van der Waals surface area contributed by atoms with Crippen molar-refractivity contribution in [2.75, 3.05) is 19.7 Å². The zero-order valence-corrected chi connectivity index (χ0v) is 17.3. The van der Waals surface area contributed by atoms with Crippen molar-refractivity contribution in [2.24, 2.45) is 28.1 Å². The molecule has 0 rings (SSSR count). The van der Waals surface area contributed by atoms with Gasteiger partial charge in [-0.15, -0.1) is 0 Å². The van der Waals surface area contributed by atoms with Crippen molar-refractivity contribution in [3.05, 3.63) is 0 Å². The van der Waals surface area contributed by atoms with E-state index in [-0.39, 0.29) is 24.8 Å². The Morgan fingerprint density at radius 1 is 1.07 bits per heavy atom. The Bertz CT molecular complexity index is 624. The Morgan fingerprint density at radius 3 is 2.20 bits per heavy atom. The average Bonchev–Trinajstić information content (AvgIpc) is 2.70. The van der Waals surface area contributed by atoms with Gasteiger partial charge >= 0.3 is 5.97 Å². The number of hydrogen-bond acceptors (Lipinski definition) is 7. The van der Waals surface area contributed by atoms with E-state index in [1.165, 1.54) is 0 Å². The predicted octanol–water partition coefficient (Wildman–Crippen LogP) is -3.42. The van der Waals surface area contributed by atoms with Crippen molar-refractivity contribution in [1.82, 2.24) is 16.0 Å². The van der Waals surface area contributed by atoms with Gasteiger partial charge in [0.1, 0.15) is 24.7 Å². The maximum atomic E-state index is 12.8. The predicted molar refractivity (Wildman–Crippen MR) is 109 cm³/mol. The zero-order valence-electron chi connectivity index (χ0n) is 17.3. The summed E-state index contributed by atoms with van der Waals surface area (Å²) in [5.74, 6) is -3.71. The second-order valence-corrected chi connectivity index (χ2v) is 6.78. The van der Waals surface area contributed by atoms with Gasteiger partial charge in [0, 0.05) is 6.54 Å². The number of carboxylic acid groups (broad SMARTS) is 1. The summed E-state index contributed by atoms with van der Waals surface area (Å²) in [4.78, 5) is 51.6. The highest BCUT2D eigenvalue weighted by atomic mass is 16.4. The molecule has 0 aliphatic rings. The minimum Gasteiger partial charge on any atom is -0.480 e. The van der Waals surface area contributed by atoms with Crippen LogP contribution in [0.3, 0.4) is 0 Å². The lowest BCUT2D eigenvalue weighted by molar-refractivity contribution is -0.138. The smallest absolute Gasteiger partial charge is 0.322 e. The lowest BCUT2D eigenvalue weighted by Crippen LogP contribution is -2.58. The molecule has 0 aromatic carbocycles. The Labute approximate surface area is 174 Å². The summed E-state index contributed by atoms with van der Waals surface area (Å²) in [5, 5.41) is 25.0. The van der Waals surface area contributed by atoms with Crippen molar-refractivity contribution in [2.45, 2.75) is 51.2 Å². The number of carboxylic acids is 1. The van der Waals surface area contributed by atoms with Crippen LogP contribution in [-0.4, -0.2) is 77.7 Å². The van der Waals surface area contributed by atoms with Gasteiger partial charge in [0.05, 0.1) is 6.61 Å². The molecule has 4 atom stereocenters. The van der Waals surface area contributed by atoms with E-state index in [9.17, 15) is 19.2 Å². The van der Waals surface area contributed by atoms with E-state index in [4.69, 9.17) is 27.4 Å². The Balaban J connectivity index is 5.31. The van der Waals surface area contributed by atoms with Crippen molar-refractivity contribution < 1.29 is 29.4 Å². The third-order valence-corrected chi connectivity index (χ3v) is 4.32. The molecular formula is C17H33N7O6. The van der Waals surface area contributed by atoms with E-state index >= 15 is 0 Å². The molecule has 0 bridgehead atoms. The largest absolute Gasteiger partial charge is 0.480 e. The van der Waals surface area contributed by atoms with Crippen LogP contribution < -0.4 is 33.2 Å². The number of aliphatic hydroxyl groups excluding tert-OH is 1. The molecule has 0 fully saturated rings. The monoisotopic (exact) mass is 431 g/mol. The maximum Gasteiger partial charge on any atom is 0.322 e. The van der Waals surface area contributed by atoms with Crippen LogP contribution in [0.2, 0.25) is 0 Å². The quantitative estimate of drug-likeness (QED) is 0.0775. The molecule has 3 amide bonds. The summed E-state index contributed by atoms with van der Waals surface area (Å²) >= 11 is 0. The lowest BCUT2D eigenvalue weighted by atomic mass is 9.97. The van der Waals surface area contributed by atoms with Crippen molar-refractivity contribution in [3.63, 3.8) is 0 Å². The molecule has 0 radical (unpaired) electrons. The van der Waals surface area contributed by atoms with Gasteiger partial charge < -0.3 is 43.4 Å². The van der Waals surface area contributed by atoms with Gasteiger partial charge in [0.2, 0.25) is 17.7 Å². The standard InChI is InChI=1S/C17H33N7O6/c1-3-9(2)13(24-14(28)10(18)8-25)16(30)23-11(5-4-6-21-17(19)20)15(29)22-7-12(26)27/h9-11,13,25H,3-8,18H2,1-2H3,(H,22,29)(H,23,30)(H,24,28)(H,26,27)(H4,19,20,21). The second-order valence-electron chi connectivity index (χ2n) is 6.78. The van der Waals surface area contributed by atoms with Crippen LogP contribution in [-0.2, 0) is 19.2 Å². The number of carbonyl (C=O) groups is 4. The fourth-order valence-corrected chi connectivity index (χ4v) is 2.36. The average molecular weight is 431 g/mol. The number of aliphatic hydroxyl groups is 1. The lowest BCUT2D eigenvalue weighted by Gasteiger charge is -2.27. The summed E-state index contributed by atoms with van der Waals surface area (Å²) in [6, 6.07) is -3.27. The molecule has 0 spiro atoms. The summed E-state index contributed by atoms with van der Waals surface area (Å²) in [6.45, 7) is 2.54. The van der Waals surface area contributed by atoms with Crippen LogP contribution in [0.15, 0.2) is 4.99 Å². The number of aliphatic carboxylic acids is 1. The van der Waals surface area contributed by atoms with Crippen molar-refractivity contribution in [1.29, 1.82) is 0 Å². The number of carbonyl (C=O) groups excluding carboxylic acids is 3. The van der Waals surface area contributed by atoms with Gasteiger partial charge in [0.25, 0.3) is 0 Å².